The number of rotatable bonds is 7. The second-order valence-electron chi connectivity index (χ2n) is 7.34. The lowest BCUT2D eigenvalue weighted by molar-refractivity contribution is -0.118. The van der Waals surface area contributed by atoms with E-state index in [1.807, 2.05) is 62.4 Å². The largest absolute Gasteiger partial charge is 0.300 e. The van der Waals surface area contributed by atoms with E-state index in [1.54, 1.807) is 13.8 Å². The summed E-state index contributed by atoms with van der Waals surface area (Å²) in [6.07, 6.45) is 0. The molecule has 0 unspecified atom stereocenters. The third-order valence-corrected chi connectivity index (χ3v) is 7.16. The van der Waals surface area contributed by atoms with Crippen molar-refractivity contribution in [2.45, 2.75) is 38.1 Å². The minimum Gasteiger partial charge on any atom is -0.300 e. The molecule has 158 valence electrons. The highest BCUT2D eigenvalue weighted by Crippen LogP contribution is 2.29. The van der Waals surface area contributed by atoms with Crippen LogP contribution in [0.4, 0.5) is 5.13 Å². The first kappa shape index (κ1) is 22.1. The molecule has 0 spiro atoms. The first-order valence-corrected chi connectivity index (χ1v) is 11.8. The SMILES string of the molecule is Cc1ccc([C@@H](NS(=O)(=O)c2nnc(NC(=O)C(C)C)s2)c2ccccc2)c(C)c1. The summed E-state index contributed by atoms with van der Waals surface area (Å²) in [5, 5.41) is 10.3. The molecule has 0 fully saturated rings. The second-order valence-corrected chi connectivity index (χ2v) is 10.2. The van der Waals surface area contributed by atoms with Gasteiger partial charge in [-0.3, -0.25) is 4.79 Å². The Morgan fingerprint density at radius 2 is 1.73 bits per heavy atom. The molecule has 3 rings (SSSR count). The van der Waals surface area contributed by atoms with Gasteiger partial charge in [0.1, 0.15) is 0 Å². The number of hydrogen-bond acceptors (Lipinski definition) is 6. The topological polar surface area (TPSA) is 101 Å². The van der Waals surface area contributed by atoms with Crippen LogP contribution in [0.5, 0.6) is 0 Å². The number of carbonyl (C=O) groups is 1. The van der Waals surface area contributed by atoms with Crippen molar-refractivity contribution in [1.82, 2.24) is 14.9 Å². The fourth-order valence-electron chi connectivity index (χ4n) is 2.93. The highest BCUT2D eigenvalue weighted by molar-refractivity contribution is 7.91. The smallest absolute Gasteiger partial charge is 0.270 e. The Hall–Kier alpha value is -2.62. The van der Waals surface area contributed by atoms with Crippen LogP contribution < -0.4 is 10.0 Å². The Kier molecular flexibility index (Phi) is 6.64. The zero-order valence-corrected chi connectivity index (χ0v) is 18.8. The van der Waals surface area contributed by atoms with Crippen LogP contribution in [0.25, 0.3) is 0 Å². The molecule has 1 atom stereocenters. The number of aryl methyl sites for hydroxylation is 2. The van der Waals surface area contributed by atoms with Crippen molar-refractivity contribution < 1.29 is 13.2 Å². The van der Waals surface area contributed by atoms with E-state index in [4.69, 9.17) is 0 Å². The van der Waals surface area contributed by atoms with Gasteiger partial charge in [0.05, 0.1) is 6.04 Å². The van der Waals surface area contributed by atoms with Crippen LogP contribution in [0.3, 0.4) is 0 Å². The molecule has 0 saturated carbocycles. The Bertz CT molecular complexity index is 1140. The minimum atomic E-state index is -3.97. The van der Waals surface area contributed by atoms with Crippen molar-refractivity contribution in [2.24, 2.45) is 5.92 Å². The van der Waals surface area contributed by atoms with Crippen LogP contribution in [0.15, 0.2) is 52.9 Å². The predicted molar refractivity (Wildman–Crippen MR) is 118 cm³/mol. The van der Waals surface area contributed by atoms with Crippen LogP contribution in [-0.2, 0) is 14.8 Å². The maximum absolute atomic E-state index is 13.1. The summed E-state index contributed by atoms with van der Waals surface area (Å²) in [5.74, 6) is -0.500. The summed E-state index contributed by atoms with van der Waals surface area (Å²) in [4.78, 5) is 11.8. The Morgan fingerprint density at radius 1 is 1.03 bits per heavy atom. The van der Waals surface area contributed by atoms with Gasteiger partial charge < -0.3 is 5.32 Å². The van der Waals surface area contributed by atoms with E-state index < -0.39 is 16.1 Å². The van der Waals surface area contributed by atoms with Gasteiger partial charge in [-0.2, -0.15) is 4.72 Å². The van der Waals surface area contributed by atoms with Gasteiger partial charge in [0, 0.05) is 5.92 Å². The molecule has 3 aromatic rings. The maximum atomic E-state index is 13.1. The molecule has 0 aliphatic carbocycles. The number of hydrogen-bond donors (Lipinski definition) is 2. The molecule has 1 heterocycles. The molecule has 1 amide bonds. The van der Waals surface area contributed by atoms with Gasteiger partial charge >= 0.3 is 0 Å². The van der Waals surface area contributed by atoms with E-state index >= 15 is 0 Å². The lowest BCUT2D eigenvalue weighted by Crippen LogP contribution is -2.30. The summed E-state index contributed by atoms with van der Waals surface area (Å²) in [6, 6.07) is 14.7. The molecular formula is C21H24N4O3S2. The Balaban J connectivity index is 1.94. The zero-order chi connectivity index (χ0) is 21.9. The van der Waals surface area contributed by atoms with E-state index in [9.17, 15) is 13.2 Å². The molecular weight excluding hydrogens is 420 g/mol. The summed E-state index contributed by atoms with van der Waals surface area (Å²) in [7, 11) is -3.97. The Morgan fingerprint density at radius 3 is 2.37 bits per heavy atom. The number of nitrogens with zero attached hydrogens (tertiary/aromatic N) is 2. The average Bonchev–Trinajstić information content (AvgIpc) is 3.17. The van der Waals surface area contributed by atoms with E-state index in [0.717, 1.165) is 33.6 Å². The average molecular weight is 445 g/mol. The van der Waals surface area contributed by atoms with Crippen LogP contribution in [0.1, 0.15) is 42.1 Å². The molecule has 7 nitrogen and oxygen atoms in total. The molecule has 0 radical (unpaired) electrons. The summed E-state index contributed by atoms with van der Waals surface area (Å²) >= 11 is 0.820. The minimum absolute atomic E-state index is 0.150. The summed E-state index contributed by atoms with van der Waals surface area (Å²) in [5.41, 5.74) is 3.74. The van der Waals surface area contributed by atoms with Crippen molar-refractivity contribution in [2.75, 3.05) is 5.32 Å². The number of anilines is 1. The molecule has 0 bridgehead atoms. The Labute approximate surface area is 180 Å². The van der Waals surface area contributed by atoms with E-state index in [-0.39, 0.29) is 21.3 Å². The van der Waals surface area contributed by atoms with Crippen molar-refractivity contribution in [1.29, 1.82) is 0 Å². The normalized spacial score (nSPS) is 12.7. The maximum Gasteiger partial charge on any atom is 0.270 e. The second kappa shape index (κ2) is 9.03. The lowest BCUT2D eigenvalue weighted by atomic mass is 9.95. The number of sulfonamides is 1. The monoisotopic (exact) mass is 444 g/mol. The van der Waals surface area contributed by atoms with Crippen molar-refractivity contribution in [3.8, 4) is 0 Å². The fraction of sp³-hybridized carbons (Fsp3) is 0.286. The number of amides is 1. The van der Waals surface area contributed by atoms with Gasteiger partial charge in [-0.1, -0.05) is 79.3 Å². The van der Waals surface area contributed by atoms with Crippen molar-refractivity contribution in [3.05, 3.63) is 70.8 Å². The van der Waals surface area contributed by atoms with Crippen LogP contribution >= 0.6 is 11.3 Å². The number of nitrogens with one attached hydrogen (secondary N) is 2. The quantitative estimate of drug-likeness (QED) is 0.540. The first-order chi connectivity index (χ1) is 14.2. The molecule has 2 N–H and O–H groups in total. The highest BCUT2D eigenvalue weighted by atomic mass is 32.2. The fourth-order valence-corrected chi connectivity index (χ4v) is 5.05. The lowest BCUT2D eigenvalue weighted by Gasteiger charge is -2.21. The van der Waals surface area contributed by atoms with Gasteiger partial charge in [-0.15, -0.1) is 10.2 Å². The molecule has 0 saturated heterocycles. The van der Waals surface area contributed by atoms with Gasteiger partial charge in [-0.25, -0.2) is 8.42 Å². The van der Waals surface area contributed by atoms with Gasteiger partial charge in [0.15, 0.2) is 0 Å². The third kappa shape index (κ3) is 5.10. The van der Waals surface area contributed by atoms with Gasteiger partial charge in [0.25, 0.3) is 10.0 Å². The summed E-state index contributed by atoms with van der Waals surface area (Å²) < 4.78 is 28.7. The molecule has 0 aliphatic heterocycles. The summed E-state index contributed by atoms with van der Waals surface area (Å²) in [6.45, 7) is 7.43. The van der Waals surface area contributed by atoms with Crippen molar-refractivity contribution in [3.63, 3.8) is 0 Å². The molecule has 2 aromatic carbocycles. The van der Waals surface area contributed by atoms with Crippen LogP contribution in [0, 0.1) is 19.8 Å². The third-order valence-electron chi connectivity index (χ3n) is 4.53. The first-order valence-electron chi connectivity index (χ1n) is 9.46. The molecule has 1 aromatic heterocycles. The number of benzene rings is 2. The van der Waals surface area contributed by atoms with E-state index in [0.29, 0.717) is 0 Å². The zero-order valence-electron chi connectivity index (χ0n) is 17.2. The van der Waals surface area contributed by atoms with Gasteiger partial charge in [0.2, 0.25) is 15.4 Å². The predicted octanol–water partition coefficient (Wildman–Crippen LogP) is 3.82. The number of aromatic nitrogens is 2. The van der Waals surface area contributed by atoms with Gasteiger partial charge in [-0.05, 0) is 30.5 Å². The molecule has 0 aliphatic rings. The highest BCUT2D eigenvalue weighted by Gasteiger charge is 2.27. The molecule has 9 heteroatoms. The van der Waals surface area contributed by atoms with E-state index in [2.05, 4.69) is 20.2 Å². The number of carbonyl (C=O) groups excluding carboxylic acids is 1. The van der Waals surface area contributed by atoms with Crippen LogP contribution in [0.2, 0.25) is 0 Å². The standard InChI is InChI=1S/C21H24N4O3S2/c1-13(2)19(26)22-20-23-24-21(29-20)30(27,28)25-18(16-8-6-5-7-9-16)17-11-10-14(3)12-15(17)4/h5-13,18,25H,1-4H3,(H,22,23,26)/t18-/m0/s1. The van der Waals surface area contributed by atoms with Crippen molar-refractivity contribution >= 4 is 32.4 Å². The van der Waals surface area contributed by atoms with E-state index in [1.165, 1.54) is 0 Å². The van der Waals surface area contributed by atoms with Crippen LogP contribution in [-0.4, -0.2) is 24.5 Å². The molecule has 30 heavy (non-hydrogen) atoms.